The zero-order valence-corrected chi connectivity index (χ0v) is 17.1. The molecule has 0 spiro atoms. The van der Waals surface area contributed by atoms with E-state index >= 15 is 0 Å². The second-order valence-corrected chi connectivity index (χ2v) is 7.47. The molecule has 1 aliphatic heterocycles. The third-order valence-electron chi connectivity index (χ3n) is 4.63. The van der Waals surface area contributed by atoms with Gasteiger partial charge in [0.15, 0.2) is 0 Å². The zero-order chi connectivity index (χ0) is 20.9. The Kier molecular flexibility index (Phi) is 6.43. The van der Waals surface area contributed by atoms with E-state index in [9.17, 15) is 14.4 Å². The van der Waals surface area contributed by atoms with Crippen LogP contribution >= 0.6 is 11.8 Å². The second kappa shape index (κ2) is 9.00. The highest BCUT2D eigenvalue weighted by Crippen LogP contribution is 2.31. The molecule has 4 amide bonds. The number of hydrogen-bond donors (Lipinski definition) is 2. The van der Waals surface area contributed by atoms with E-state index in [1.54, 1.807) is 24.3 Å². The van der Waals surface area contributed by atoms with Crippen LogP contribution in [0.3, 0.4) is 0 Å². The summed E-state index contributed by atoms with van der Waals surface area (Å²) in [7, 11) is 0. The SMILES string of the molecule is CCOc1ccc(SCC(=O)NN2C(=O)N[C@@](CC)(c3ccccc3)C2=O)cc1. The van der Waals surface area contributed by atoms with Crippen molar-refractivity contribution in [2.45, 2.75) is 30.7 Å². The summed E-state index contributed by atoms with van der Waals surface area (Å²) in [6.45, 7) is 4.31. The van der Waals surface area contributed by atoms with Crippen LogP contribution in [-0.4, -0.2) is 35.2 Å². The molecule has 29 heavy (non-hydrogen) atoms. The average Bonchev–Trinajstić information content (AvgIpc) is 2.99. The Morgan fingerprint density at radius 2 is 1.79 bits per heavy atom. The molecular formula is C21H23N3O4S. The van der Waals surface area contributed by atoms with Crippen molar-refractivity contribution in [3.05, 3.63) is 60.2 Å². The predicted molar refractivity (Wildman–Crippen MR) is 110 cm³/mol. The third-order valence-corrected chi connectivity index (χ3v) is 5.64. The summed E-state index contributed by atoms with van der Waals surface area (Å²) >= 11 is 1.31. The highest BCUT2D eigenvalue weighted by atomic mass is 32.2. The zero-order valence-electron chi connectivity index (χ0n) is 16.3. The molecule has 0 saturated carbocycles. The fraction of sp³-hybridized carbons (Fsp3) is 0.286. The van der Waals surface area contributed by atoms with E-state index in [2.05, 4.69) is 10.7 Å². The van der Waals surface area contributed by atoms with E-state index in [4.69, 9.17) is 4.74 Å². The number of thioether (sulfide) groups is 1. The average molecular weight is 413 g/mol. The molecule has 2 N–H and O–H groups in total. The molecule has 3 rings (SSSR count). The van der Waals surface area contributed by atoms with Gasteiger partial charge in [0.05, 0.1) is 12.4 Å². The van der Waals surface area contributed by atoms with Gasteiger partial charge in [0.25, 0.3) is 5.91 Å². The van der Waals surface area contributed by atoms with Gasteiger partial charge in [-0.15, -0.1) is 11.8 Å². The second-order valence-electron chi connectivity index (χ2n) is 6.42. The Balaban J connectivity index is 1.63. The van der Waals surface area contributed by atoms with Crippen molar-refractivity contribution in [1.29, 1.82) is 0 Å². The summed E-state index contributed by atoms with van der Waals surface area (Å²) in [6.07, 6.45) is 0.370. The highest BCUT2D eigenvalue weighted by molar-refractivity contribution is 8.00. The molecule has 2 aromatic carbocycles. The first kappa shape index (κ1) is 20.7. The molecule has 0 bridgehead atoms. The first-order valence-electron chi connectivity index (χ1n) is 9.37. The van der Waals surface area contributed by atoms with Gasteiger partial charge in [0, 0.05) is 4.90 Å². The van der Waals surface area contributed by atoms with Gasteiger partial charge in [0.2, 0.25) is 5.91 Å². The van der Waals surface area contributed by atoms with Gasteiger partial charge in [0.1, 0.15) is 11.3 Å². The molecule has 0 unspecified atom stereocenters. The number of carbonyl (C=O) groups is 3. The molecular weight excluding hydrogens is 390 g/mol. The Morgan fingerprint density at radius 3 is 2.41 bits per heavy atom. The number of amides is 4. The predicted octanol–water partition coefficient (Wildman–Crippen LogP) is 3.07. The van der Waals surface area contributed by atoms with Gasteiger partial charge in [-0.1, -0.05) is 37.3 Å². The molecule has 1 atom stereocenters. The fourth-order valence-electron chi connectivity index (χ4n) is 3.14. The largest absolute Gasteiger partial charge is 0.494 e. The molecule has 1 fully saturated rings. The molecule has 152 valence electrons. The summed E-state index contributed by atoms with van der Waals surface area (Å²) in [5, 5.41) is 3.51. The first-order valence-corrected chi connectivity index (χ1v) is 10.4. The van der Waals surface area contributed by atoms with Crippen molar-refractivity contribution in [2.75, 3.05) is 12.4 Å². The molecule has 0 aliphatic carbocycles. The van der Waals surface area contributed by atoms with Crippen LogP contribution in [0.2, 0.25) is 0 Å². The molecule has 8 heteroatoms. The summed E-state index contributed by atoms with van der Waals surface area (Å²) in [4.78, 5) is 38.6. The van der Waals surface area contributed by atoms with E-state index in [-0.39, 0.29) is 5.75 Å². The van der Waals surface area contributed by atoms with Crippen LogP contribution in [0.15, 0.2) is 59.5 Å². The van der Waals surface area contributed by atoms with Gasteiger partial charge in [-0.2, -0.15) is 5.01 Å². The summed E-state index contributed by atoms with van der Waals surface area (Å²) in [5.41, 5.74) is 1.94. The maximum Gasteiger partial charge on any atom is 0.344 e. The van der Waals surface area contributed by atoms with Gasteiger partial charge in [-0.05, 0) is 43.2 Å². The monoisotopic (exact) mass is 413 g/mol. The summed E-state index contributed by atoms with van der Waals surface area (Å²) < 4.78 is 5.39. The number of benzene rings is 2. The van der Waals surface area contributed by atoms with E-state index < -0.39 is 23.4 Å². The van der Waals surface area contributed by atoms with Crippen molar-refractivity contribution >= 4 is 29.6 Å². The molecule has 1 saturated heterocycles. The molecule has 0 radical (unpaired) electrons. The van der Waals surface area contributed by atoms with Gasteiger partial charge >= 0.3 is 6.03 Å². The van der Waals surface area contributed by atoms with E-state index in [1.165, 1.54) is 11.8 Å². The minimum Gasteiger partial charge on any atom is -0.494 e. The third kappa shape index (κ3) is 4.37. The quantitative estimate of drug-likeness (QED) is 0.513. The minimum atomic E-state index is -1.17. The van der Waals surface area contributed by atoms with Crippen molar-refractivity contribution in [3.8, 4) is 5.75 Å². The lowest BCUT2D eigenvalue weighted by Gasteiger charge is -2.25. The smallest absolute Gasteiger partial charge is 0.344 e. The molecule has 7 nitrogen and oxygen atoms in total. The standard InChI is InChI=1S/C21H23N3O4S/c1-3-21(15-8-6-5-7-9-15)19(26)24(20(27)22-21)23-18(25)14-29-17-12-10-16(11-13-17)28-4-2/h5-13H,3-4,14H2,1-2H3,(H,22,27)(H,23,25)/t21-/m0/s1. The van der Waals surface area contributed by atoms with E-state index in [1.807, 2.05) is 44.2 Å². The van der Waals surface area contributed by atoms with Gasteiger partial charge < -0.3 is 10.1 Å². The molecule has 0 aromatic heterocycles. The maximum atomic E-state index is 13.0. The number of rotatable bonds is 8. The first-order chi connectivity index (χ1) is 14.0. The van der Waals surface area contributed by atoms with Crippen LogP contribution in [0, 0.1) is 0 Å². The van der Waals surface area contributed by atoms with Gasteiger partial charge in [-0.3, -0.25) is 15.0 Å². The van der Waals surface area contributed by atoms with E-state index in [0.29, 0.717) is 18.6 Å². The number of imide groups is 1. The van der Waals surface area contributed by atoms with Crippen molar-refractivity contribution in [2.24, 2.45) is 0 Å². The maximum absolute atomic E-state index is 13.0. The number of hydrogen-bond acceptors (Lipinski definition) is 5. The Morgan fingerprint density at radius 1 is 1.10 bits per heavy atom. The number of nitrogens with zero attached hydrogens (tertiary/aromatic N) is 1. The number of nitrogens with one attached hydrogen (secondary N) is 2. The van der Waals surface area contributed by atoms with Crippen LogP contribution in [-0.2, 0) is 15.1 Å². The lowest BCUT2D eigenvalue weighted by molar-refractivity contribution is -0.138. The topological polar surface area (TPSA) is 87.7 Å². The number of hydrazine groups is 1. The number of urea groups is 1. The van der Waals surface area contributed by atoms with Crippen LogP contribution in [0.4, 0.5) is 4.79 Å². The number of carbonyl (C=O) groups excluding carboxylic acids is 3. The lowest BCUT2D eigenvalue weighted by Crippen LogP contribution is -2.49. The van der Waals surface area contributed by atoms with Crippen LogP contribution < -0.4 is 15.5 Å². The fourth-order valence-corrected chi connectivity index (χ4v) is 3.83. The van der Waals surface area contributed by atoms with Crippen molar-refractivity contribution < 1.29 is 19.1 Å². The summed E-state index contributed by atoms with van der Waals surface area (Å²) in [6, 6.07) is 15.8. The van der Waals surface area contributed by atoms with Crippen molar-refractivity contribution in [3.63, 3.8) is 0 Å². The summed E-state index contributed by atoms with van der Waals surface area (Å²) in [5.74, 6) is -0.101. The van der Waals surface area contributed by atoms with Crippen LogP contribution in [0.5, 0.6) is 5.75 Å². The molecule has 2 aromatic rings. The van der Waals surface area contributed by atoms with Crippen molar-refractivity contribution in [1.82, 2.24) is 15.8 Å². The Bertz CT molecular complexity index is 889. The highest BCUT2D eigenvalue weighted by Gasteiger charge is 2.52. The molecule has 1 aliphatic rings. The Labute approximate surface area is 173 Å². The van der Waals surface area contributed by atoms with Gasteiger partial charge in [-0.25, -0.2) is 4.79 Å². The van der Waals surface area contributed by atoms with Crippen LogP contribution in [0.1, 0.15) is 25.8 Å². The van der Waals surface area contributed by atoms with E-state index in [0.717, 1.165) is 15.7 Å². The van der Waals surface area contributed by atoms with Crippen LogP contribution in [0.25, 0.3) is 0 Å². The minimum absolute atomic E-state index is 0.0650. The normalized spacial score (nSPS) is 18.5. The number of ether oxygens (including phenoxy) is 1. The lowest BCUT2D eigenvalue weighted by atomic mass is 9.87. The molecule has 1 heterocycles. The Hall–Kier alpha value is -3.00.